The first kappa shape index (κ1) is 12.2. The van der Waals surface area contributed by atoms with Gasteiger partial charge in [0.1, 0.15) is 0 Å². The molecule has 1 aromatic carbocycles. The molecule has 1 fully saturated rings. The molecule has 0 aromatic heterocycles. The number of benzene rings is 1. The average molecular weight is 234 g/mol. The fraction of sp³-hybridized carbons (Fsp3) is 0.571. The van der Waals surface area contributed by atoms with E-state index in [1.165, 1.54) is 12.0 Å². The normalized spacial score (nSPS) is 24.6. The number of aryl methyl sites for hydroxylation is 1. The van der Waals surface area contributed by atoms with Crippen molar-refractivity contribution in [2.24, 2.45) is 0 Å². The van der Waals surface area contributed by atoms with E-state index >= 15 is 0 Å². The topological polar surface area (TPSA) is 49.5 Å². The summed E-state index contributed by atoms with van der Waals surface area (Å²) in [5.74, 6) is 0. The molecule has 0 radical (unpaired) electrons. The molecule has 0 saturated heterocycles. The molecule has 0 aliphatic heterocycles. The van der Waals surface area contributed by atoms with Crippen molar-refractivity contribution in [3.05, 3.63) is 23.8 Å². The third-order valence-corrected chi connectivity index (χ3v) is 3.75. The standard InChI is InChI=1S/C14H22N2O/c1-10-7-8-12(11(15)9-10)16(2)13-5-3-4-6-14(13)17/h7-9,13-14,17H,3-6,15H2,1-2H3. The monoisotopic (exact) mass is 234 g/mol. The van der Waals surface area contributed by atoms with Crippen LogP contribution in [0.15, 0.2) is 18.2 Å². The summed E-state index contributed by atoms with van der Waals surface area (Å²) in [4.78, 5) is 2.14. The molecule has 0 bridgehead atoms. The Kier molecular flexibility index (Phi) is 3.57. The summed E-state index contributed by atoms with van der Waals surface area (Å²) in [7, 11) is 2.03. The Morgan fingerprint density at radius 1 is 1.29 bits per heavy atom. The first-order chi connectivity index (χ1) is 8.09. The van der Waals surface area contributed by atoms with Crippen LogP contribution in [0.4, 0.5) is 11.4 Å². The van der Waals surface area contributed by atoms with Gasteiger partial charge in [0.25, 0.3) is 0 Å². The van der Waals surface area contributed by atoms with Crippen molar-refractivity contribution in [1.82, 2.24) is 0 Å². The van der Waals surface area contributed by atoms with Gasteiger partial charge in [0.05, 0.1) is 23.5 Å². The SMILES string of the molecule is Cc1ccc(N(C)C2CCCCC2O)c(N)c1. The Morgan fingerprint density at radius 2 is 2.00 bits per heavy atom. The maximum Gasteiger partial charge on any atom is 0.0743 e. The molecule has 3 heteroatoms. The van der Waals surface area contributed by atoms with Gasteiger partial charge in [0.15, 0.2) is 0 Å². The molecule has 1 aliphatic rings. The number of hydrogen-bond acceptors (Lipinski definition) is 3. The highest BCUT2D eigenvalue weighted by molar-refractivity contribution is 5.68. The van der Waals surface area contributed by atoms with Crippen LogP contribution in [0.1, 0.15) is 31.2 Å². The lowest BCUT2D eigenvalue weighted by Gasteiger charge is -2.37. The molecule has 94 valence electrons. The van der Waals surface area contributed by atoms with Crippen LogP contribution < -0.4 is 10.6 Å². The van der Waals surface area contributed by atoms with Crippen LogP contribution in [0.2, 0.25) is 0 Å². The Labute approximate surface area is 103 Å². The zero-order valence-electron chi connectivity index (χ0n) is 10.7. The Morgan fingerprint density at radius 3 is 2.65 bits per heavy atom. The van der Waals surface area contributed by atoms with Crippen molar-refractivity contribution < 1.29 is 5.11 Å². The predicted octanol–water partition coefficient (Wildman–Crippen LogP) is 2.32. The molecule has 2 unspecified atom stereocenters. The highest BCUT2D eigenvalue weighted by Crippen LogP contribution is 2.30. The second-order valence-electron chi connectivity index (χ2n) is 5.09. The van der Waals surface area contributed by atoms with Crippen LogP contribution in [-0.2, 0) is 0 Å². The van der Waals surface area contributed by atoms with Gasteiger partial charge in [0, 0.05) is 7.05 Å². The average Bonchev–Trinajstić information content (AvgIpc) is 2.29. The molecular weight excluding hydrogens is 212 g/mol. The van der Waals surface area contributed by atoms with E-state index in [-0.39, 0.29) is 12.1 Å². The van der Waals surface area contributed by atoms with Crippen molar-refractivity contribution in [3.8, 4) is 0 Å². The second kappa shape index (κ2) is 4.96. The minimum atomic E-state index is -0.227. The van der Waals surface area contributed by atoms with E-state index in [4.69, 9.17) is 5.73 Å². The van der Waals surface area contributed by atoms with E-state index < -0.39 is 0 Å². The predicted molar refractivity (Wildman–Crippen MR) is 72.3 cm³/mol. The number of aliphatic hydroxyl groups is 1. The largest absolute Gasteiger partial charge is 0.397 e. The van der Waals surface area contributed by atoms with E-state index in [1.54, 1.807) is 0 Å². The highest BCUT2D eigenvalue weighted by atomic mass is 16.3. The van der Waals surface area contributed by atoms with Gasteiger partial charge in [-0.2, -0.15) is 0 Å². The molecule has 3 nitrogen and oxygen atoms in total. The summed E-state index contributed by atoms with van der Waals surface area (Å²) in [5.41, 5.74) is 9.05. The zero-order valence-corrected chi connectivity index (χ0v) is 10.7. The molecule has 3 N–H and O–H groups in total. The van der Waals surface area contributed by atoms with Gasteiger partial charge in [-0.25, -0.2) is 0 Å². The molecule has 0 amide bonds. The van der Waals surface area contributed by atoms with Crippen molar-refractivity contribution in [2.45, 2.75) is 44.8 Å². The van der Waals surface area contributed by atoms with Crippen LogP contribution in [0, 0.1) is 6.92 Å². The first-order valence-corrected chi connectivity index (χ1v) is 6.36. The van der Waals surface area contributed by atoms with Crippen LogP contribution in [0.25, 0.3) is 0 Å². The van der Waals surface area contributed by atoms with Crippen LogP contribution >= 0.6 is 0 Å². The summed E-state index contributed by atoms with van der Waals surface area (Å²) in [6, 6.07) is 6.30. The lowest BCUT2D eigenvalue weighted by atomic mass is 9.91. The minimum Gasteiger partial charge on any atom is -0.397 e. The fourth-order valence-electron chi connectivity index (χ4n) is 2.72. The van der Waals surface area contributed by atoms with E-state index in [2.05, 4.69) is 11.0 Å². The molecule has 0 spiro atoms. The van der Waals surface area contributed by atoms with E-state index in [0.29, 0.717) is 0 Å². The van der Waals surface area contributed by atoms with Crippen molar-refractivity contribution >= 4 is 11.4 Å². The number of nitrogen functional groups attached to an aromatic ring is 1. The maximum absolute atomic E-state index is 10.1. The number of rotatable bonds is 2. The smallest absolute Gasteiger partial charge is 0.0743 e. The van der Waals surface area contributed by atoms with Crippen molar-refractivity contribution in [2.75, 3.05) is 17.7 Å². The third-order valence-electron chi connectivity index (χ3n) is 3.75. The number of nitrogens with zero attached hydrogens (tertiary/aromatic N) is 1. The quantitative estimate of drug-likeness (QED) is 0.772. The summed E-state index contributed by atoms with van der Waals surface area (Å²) in [6.07, 6.45) is 4.05. The van der Waals surface area contributed by atoms with Gasteiger partial charge < -0.3 is 15.7 Å². The Balaban J connectivity index is 2.20. The van der Waals surface area contributed by atoms with Crippen LogP contribution in [0.5, 0.6) is 0 Å². The fourth-order valence-corrected chi connectivity index (χ4v) is 2.72. The second-order valence-corrected chi connectivity index (χ2v) is 5.09. The molecule has 2 atom stereocenters. The van der Waals surface area contributed by atoms with Crippen LogP contribution in [0.3, 0.4) is 0 Å². The van der Waals surface area contributed by atoms with Crippen molar-refractivity contribution in [1.29, 1.82) is 0 Å². The van der Waals surface area contributed by atoms with Gasteiger partial charge in [-0.15, -0.1) is 0 Å². The summed E-state index contributed by atoms with van der Waals surface area (Å²) in [6.45, 7) is 2.04. The van der Waals surface area contributed by atoms with E-state index in [0.717, 1.165) is 30.6 Å². The maximum atomic E-state index is 10.1. The van der Waals surface area contributed by atoms with Crippen molar-refractivity contribution in [3.63, 3.8) is 0 Å². The third kappa shape index (κ3) is 2.55. The molecule has 2 rings (SSSR count). The van der Waals surface area contributed by atoms with Gasteiger partial charge in [-0.1, -0.05) is 18.9 Å². The zero-order chi connectivity index (χ0) is 12.4. The Bertz CT molecular complexity index is 392. The highest BCUT2D eigenvalue weighted by Gasteiger charge is 2.27. The number of nitrogens with two attached hydrogens (primary N) is 1. The van der Waals surface area contributed by atoms with Gasteiger partial charge >= 0.3 is 0 Å². The molecule has 1 saturated carbocycles. The number of hydrogen-bond donors (Lipinski definition) is 2. The van der Waals surface area contributed by atoms with Gasteiger partial charge in [-0.05, 0) is 37.5 Å². The summed E-state index contributed by atoms with van der Waals surface area (Å²) >= 11 is 0. The number of likely N-dealkylation sites (N-methyl/N-ethyl adjacent to an activating group) is 1. The number of anilines is 2. The van der Waals surface area contributed by atoms with E-state index in [1.807, 2.05) is 26.1 Å². The lowest BCUT2D eigenvalue weighted by Crippen LogP contribution is -2.43. The Hall–Kier alpha value is -1.22. The minimum absolute atomic E-state index is 0.203. The first-order valence-electron chi connectivity index (χ1n) is 6.36. The lowest BCUT2D eigenvalue weighted by molar-refractivity contribution is 0.106. The van der Waals surface area contributed by atoms with Gasteiger partial charge in [-0.3, -0.25) is 0 Å². The number of aliphatic hydroxyl groups excluding tert-OH is 1. The van der Waals surface area contributed by atoms with Crippen LogP contribution in [-0.4, -0.2) is 24.3 Å². The molecule has 1 aromatic rings. The summed E-state index contributed by atoms with van der Waals surface area (Å²) in [5, 5.41) is 10.1. The molecule has 17 heavy (non-hydrogen) atoms. The van der Waals surface area contributed by atoms with Gasteiger partial charge in [0.2, 0.25) is 0 Å². The molecule has 1 aliphatic carbocycles. The molecular formula is C14H22N2O. The summed E-state index contributed by atoms with van der Waals surface area (Å²) < 4.78 is 0. The van der Waals surface area contributed by atoms with E-state index in [9.17, 15) is 5.11 Å². The molecule has 0 heterocycles.